The number of aromatic nitrogens is 1. The van der Waals surface area contributed by atoms with Gasteiger partial charge in [0, 0.05) is 32.4 Å². The number of nitrogens with zero attached hydrogens (tertiary/aromatic N) is 3. The van der Waals surface area contributed by atoms with Gasteiger partial charge in [0.2, 0.25) is 0 Å². The van der Waals surface area contributed by atoms with Gasteiger partial charge in [0.05, 0.1) is 11.7 Å². The van der Waals surface area contributed by atoms with Gasteiger partial charge in [-0.25, -0.2) is 4.98 Å². The van der Waals surface area contributed by atoms with Crippen molar-refractivity contribution in [2.24, 2.45) is 5.92 Å². The van der Waals surface area contributed by atoms with Crippen LogP contribution in [0.25, 0.3) is 0 Å². The van der Waals surface area contributed by atoms with Gasteiger partial charge >= 0.3 is 0 Å². The molecule has 0 bridgehead atoms. The number of rotatable bonds is 6. The minimum absolute atomic E-state index is 0.0704. The van der Waals surface area contributed by atoms with Crippen LogP contribution in [-0.4, -0.2) is 71.2 Å². The van der Waals surface area contributed by atoms with E-state index in [2.05, 4.69) is 22.1 Å². The summed E-state index contributed by atoms with van der Waals surface area (Å²) in [6.07, 6.45) is 7.14. The third-order valence-corrected chi connectivity index (χ3v) is 5.52. The number of aliphatic hydroxyl groups is 1. The highest BCUT2D eigenvalue weighted by Gasteiger charge is 2.21. The van der Waals surface area contributed by atoms with Crippen LogP contribution in [0.15, 0.2) is 18.3 Å². The molecule has 6 nitrogen and oxygen atoms in total. The van der Waals surface area contributed by atoms with E-state index >= 15 is 0 Å². The lowest BCUT2D eigenvalue weighted by atomic mass is 9.99. The summed E-state index contributed by atoms with van der Waals surface area (Å²) in [6.45, 7) is 7.26. The summed E-state index contributed by atoms with van der Waals surface area (Å²) in [4.78, 5) is 21.1. The Morgan fingerprint density at radius 2 is 1.96 bits per heavy atom. The van der Waals surface area contributed by atoms with Crippen molar-refractivity contribution >= 4 is 11.7 Å². The summed E-state index contributed by atoms with van der Waals surface area (Å²) in [6, 6.07) is 3.65. The van der Waals surface area contributed by atoms with Crippen LogP contribution in [0.5, 0.6) is 0 Å². The maximum Gasteiger partial charge on any atom is 0.255 e. The molecule has 1 aromatic rings. The molecule has 0 radical (unpaired) electrons. The van der Waals surface area contributed by atoms with Gasteiger partial charge in [0.25, 0.3) is 5.91 Å². The fourth-order valence-electron chi connectivity index (χ4n) is 3.75. The van der Waals surface area contributed by atoms with Crippen molar-refractivity contribution in [3.8, 4) is 0 Å². The van der Waals surface area contributed by atoms with Gasteiger partial charge in [-0.3, -0.25) is 4.79 Å². The Bertz CT molecular complexity index is 564. The minimum atomic E-state index is -0.411. The number of carbonyl (C=O) groups excluding carboxylic acids is 1. The first-order valence-corrected chi connectivity index (χ1v) is 10.0. The molecule has 2 fully saturated rings. The van der Waals surface area contributed by atoms with Gasteiger partial charge < -0.3 is 20.2 Å². The van der Waals surface area contributed by atoms with E-state index in [-0.39, 0.29) is 5.91 Å². The summed E-state index contributed by atoms with van der Waals surface area (Å²) in [7, 11) is 0. The molecule has 1 atom stereocenters. The van der Waals surface area contributed by atoms with E-state index < -0.39 is 6.10 Å². The zero-order valence-electron chi connectivity index (χ0n) is 15.9. The second-order valence-corrected chi connectivity index (χ2v) is 7.80. The number of anilines is 1. The predicted molar refractivity (Wildman–Crippen MR) is 103 cm³/mol. The van der Waals surface area contributed by atoms with Crippen molar-refractivity contribution < 1.29 is 9.90 Å². The first-order valence-electron chi connectivity index (χ1n) is 10.0. The van der Waals surface area contributed by atoms with Crippen LogP contribution in [0.4, 0.5) is 5.82 Å². The zero-order chi connectivity index (χ0) is 18.4. The number of β-amino-alcohol motifs (C(OH)–C–C–N with tert-alkyl or cyclic N) is 1. The van der Waals surface area contributed by atoms with Crippen LogP contribution in [0.2, 0.25) is 0 Å². The van der Waals surface area contributed by atoms with Crippen molar-refractivity contribution in [3.05, 3.63) is 23.9 Å². The first kappa shape index (κ1) is 19.1. The standard InChI is InChI=1S/C20H32N4O2/c1-16-7-11-24(12-8-16)20(26)17-5-6-19(21-13-17)22-14-18(25)15-23-9-3-2-4-10-23/h5-6,13,16,18,25H,2-4,7-12,14-15H2,1H3,(H,21,22)/t18-/m0/s1. The number of hydrogen-bond acceptors (Lipinski definition) is 5. The maximum absolute atomic E-state index is 12.5. The second-order valence-electron chi connectivity index (χ2n) is 7.80. The van der Waals surface area contributed by atoms with E-state index in [1.54, 1.807) is 6.20 Å². The van der Waals surface area contributed by atoms with Crippen molar-refractivity contribution in [2.45, 2.75) is 45.1 Å². The average molecular weight is 361 g/mol. The predicted octanol–water partition coefficient (Wildman–Crippen LogP) is 2.21. The van der Waals surface area contributed by atoms with E-state index in [1.165, 1.54) is 19.3 Å². The van der Waals surface area contributed by atoms with Crippen LogP contribution in [-0.2, 0) is 0 Å². The van der Waals surface area contributed by atoms with Crippen molar-refractivity contribution in [1.29, 1.82) is 0 Å². The number of nitrogens with one attached hydrogen (secondary N) is 1. The lowest BCUT2D eigenvalue weighted by molar-refractivity contribution is 0.0697. The van der Waals surface area contributed by atoms with E-state index in [0.29, 0.717) is 30.4 Å². The van der Waals surface area contributed by atoms with Gasteiger partial charge in [-0.15, -0.1) is 0 Å². The molecule has 3 rings (SSSR count). The number of hydrogen-bond donors (Lipinski definition) is 2. The molecule has 6 heteroatoms. The van der Waals surface area contributed by atoms with Gasteiger partial charge in [-0.2, -0.15) is 0 Å². The molecule has 1 amide bonds. The van der Waals surface area contributed by atoms with Gasteiger partial charge in [-0.1, -0.05) is 13.3 Å². The highest BCUT2D eigenvalue weighted by atomic mass is 16.3. The molecule has 1 aromatic heterocycles. The Morgan fingerprint density at radius 3 is 2.62 bits per heavy atom. The number of pyridine rings is 1. The summed E-state index contributed by atoms with van der Waals surface area (Å²) in [5.74, 6) is 1.48. The molecule has 3 heterocycles. The molecular weight excluding hydrogens is 328 g/mol. The van der Waals surface area contributed by atoms with Crippen LogP contribution in [0.1, 0.15) is 49.4 Å². The topological polar surface area (TPSA) is 68.7 Å². The third kappa shape index (κ3) is 5.42. The number of likely N-dealkylation sites (tertiary alicyclic amines) is 2. The summed E-state index contributed by atoms with van der Waals surface area (Å²) in [5.41, 5.74) is 0.638. The van der Waals surface area contributed by atoms with E-state index in [0.717, 1.165) is 39.0 Å². The number of amides is 1. The lowest BCUT2D eigenvalue weighted by Crippen LogP contribution is -2.39. The van der Waals surface area contributed by atoms with Gasteiger partial charge in [-0.05, 0) is 56.8 Å². The van der Waals surface area contributed by atoms with Crippen LogP contribution < -0.4 is 5.32 Å². The number of aliphatic hydroxyl groups excluding tert-OH is 1. The van der Waals surface area contributed by atoms with E-state index in [1.807, 2.05) is 17.0 Å². The molecule has 2 saturated heterocycles. The van der Waals surface area contributed by atoms with Gasteiger partial charge in [0.1, 0.15) is 5.82 Å². The molecule has 2 N–H and O–H groups in total. The molecule has 0 saturated carbocycles. The van der Waals surface area contributed by atoms with Gasteiger partial charge in [0.15, 0.2) is 0 Å². The second kappa shape index (κ2) is 9.33. The Morgan fingerprint density at radius 1 is 1.23 bits per heavy atom. The molecule has 26 heavy (non-hydrogen) atoms. The van der Waals surface area contributed by atoms with Crippen molar-refractivity contribution in [3.63, 3.8) is 0 Å². The van der Waals surface area contributed by atoms with E-state index in [9.17, 15) is 9.90 Å². The fraction of sp³-hybridized carbons (Fsp3) is 0.700. The largest absolute Gasteiger partial charge is 0.390 e. The fourth-order valence-corrected chi connectivity index (χ4v) is 3.75. The summed E-state index contributed by atoms with van der Waals surface area (Å²) < 4.78 is 0. The third-order valence-electron chi connectivity index (χ3n) is 5.52. The molecule has 2 aliphatic rings. The Kier molecular flexibility index (Phi) is 6.86. The normalized spacial score (nSPS) is 20.8. The van der Waals surface area contributed by atoms with Crippen LogP contribution >= 0.6 is 0 Å². The monoisotopic (exact) mass is 360 g/mol. The maximum atomic E-state index is 12.5. The zero-order valence-corrected chi connectivity index (χ0v) is 15.9. The highest BCUT2D eigenvalue weighted by Crippen LogP contribution is 2.18. The molecule has 0 aromatic carbocycles. The first-order chi connectivity index (χ1) is 12.6. The quantitative estimate of drug-likeness (QED) is 0.814. The summed E-state index contributed by atoms with van der Waals surface area (Å²) >= 11 is 0. The minimum Gasteiger partial charge on any atom is -0.390 e. The Hall–Kier alpha value is -1.66. The molecular formula is C20H32N4O2. The average Bonchev–Trinajstić information content (AvgIpc) is 2.68. The van der Waals surface area contributed by atoms with Crippen LogP contribution in [0, 0.1) is 5.92 Å². The molecule has 2 aliphatic heterocycles. The summed E-state index contributed by atoms with van der Waals surface area (Å²) in [5, 5.41) is 13.4. The Labute approximate surface area is 156 Å². The van der Waals surface area contributed by atoms with Crippen LogP contribution in [0.3, 0.4) is 0 Å². The molecule has 0 aliphatic carbocycles. The number of piperidine rings is 2. The highest BCUT2D eigenvalue weighted by molar-refractivity contribution is 5.94. The number of carbonyl (C=O) groups is 1. The van der Waals surface area contributed by atoms with Crippen molar-refractivity contribution in [2.75, 3.05) is 44.6 Å². The Balaban J connectivity index is 1.44. The molecule has 144 valence electrons. The van der Waals surface area contributed by atoms with Crippen molar-refractivity contribution in [1.82, 2.24) is 14.8 Å². The molecule has 0 unspecified atom stereocenters. The van der Waals surface area contributed by atoms with E-state index in [4.69, 9.17) is 0 Å². The molecule has 0 spiro atoms. The SMILES string of the molecule is CC1CCN(C(=O)c2ccc(NC[C@H](O)CN3CCCCC3)nc2)CC1. The lowest BCUT2D eigenvalue weighted by Gasteiger charge is -2.30. The smallest absolute Gasteiger partial charge is 0.255 e.